The quantitative estimate of drug-likeness (QED) is 0.809. The third-order valence-corrected chi connectivity index (χ3v) is 4.61. The Morgan fingerprint density at radius 2 is 1.88 bits per heavy atom. The third-order valence-electron chi connectivity index (χ3n) is 4.61. The van der Waals surface area contributed by atoms with Crippen molar-refractivity contribution in [3.63, 3.8) is 0 Å². The number of amides is 1. The Balaban J connectivity index is 1.70. The maximum atomic E-state index is 13.2. The maximum absolute atomic E-state index is 13.2. The highest BCUT2D eigenvalue weighted by Gasteiger charge is 2.31. The molecule has 1 fully saturated rings. The van der Waals surface area contributed by atoms with Crippen LogP contribution < -0.4 is 4.74 Å². The Morgan fingerprint density at radius 3 is 2.52 bits per heavy atom. The largest absolute Gasteiger partial charge is 0.497 e. The molecule has 2 aromatic carbocycles. The lowest BCUT2D eigenvalue weighted by Crippen LogP contribution is -2.43. The van der Waals surface area contributed by atoms with Gasteiger partial charge in [0.15, 0.2) is 0 Å². The van der Waals surface area contributed by atoms with Crippen molar-refractivity contribution in [3.8, 4) is 5.75 Å². The molecule has 5 heteroatoms. The Bertz CT molecular complexity index is 687. The lowest BCUT2D eigenvalue weighted by molar-refractivity contribution is -0.00974. The first-order valence-corrected chi connectivity index (χ1v) is 8.32. The molecule has 0 spiro atoms. The van der Waals surface area contributed by atoms with Crippen molar-refractivity contribution in [2.75, 3.05) is 20.2 Å². The van der Waals surface area contributed by atoms with Crippen molar-refractivity contribution in [3.05, 3.63) is 65.5 Å². The van der Waals surface area contributed by atoms with Gasteiger partial charge in [0.2, 0.25) is 0 Å². The Morgan fingerprint density at radius 1 is 1.16 bits per heavy atom. The number of likely N-dealkylation sites (tertiary alicyclic amines) is 1. The lowest BCUT2D eigenvalue weighted by atomic mass is 9.87. The van der Waals surface area contributed by atoms with E-state index in [0.29, 0.717) is 19.7 Å². The topological polar surface area (TPSA) is 38.8 Å². The van der Waals surface area contributed by atoms with Gasteiger partial charge >= 0.3 is 6.41 Å². The molecule has 2 aromatic rings. The molecule has 0 N–H and O–H groups in total. The maximum Gasteiger partial charge on any atom is 0.312 e. The van der Waals surface area contributed by atoms with Gasteiger partial charge in [0.25, 0.3) is 0 Å². The highest BCUT2D eigenvalue weighted by atomic mass is 19.1. The van der Waals surface area contributed by atoms with Crippen LogP contribution in [0.4, 0.5) is 4.39 Å². The van der Waals surface area contributed by atoms with Gasteiger partial charge in [0.05, 0.1) is 19.8 Å². The number of piperidine rings is 1. The first-order chi connectivity index (χ1) is 12.2. The Kier molecular flexibility index (Phi) is 5.66. The molecule has 4 nitrogen and oxygen atoms in total. The van der Waals surface area contributed by atoms with Crippen LogP contribution in [-0.4, -0.2) is 37.6 Å². The predicted octanol–water partition coefficient (Wildman–Crippen LogP) is 3.28. The van der Waals surface area contributed by atoms with E-state index in [4.69, 9.17) is 9.47 Å². The minimum Gasteiger partial charge on any atom is -0.497 e. The van der Waals surface area contributed by atoms with Crippen LogP contribution in [0.2, 0.25) is 0 Å². The van der Waals surface area contributed by atoms with Crippen molar-refractivity contribution in [1.29, 1.82) is 0 Å². The normalized spacial score (nSPS) is 20.3. The van der Waals surface area contributed by atoms with Crippen LogP contribution >= 0.6 is 0 Å². The molecule has 1 aliphatic rings. The second-order valence-electron chi connectivity index (χ2n) is 6.18. The highest BCUT2D eigenvalue weighted by molar-refractivity contribution is 5.48. The van der Waals surface area contributed by atoms with Gasteiger partial charge in [-0.2, -0.15) is 0 Å². The van der Waals surface area contributed by atoms with E-state index in [1.165, 1.54) is 12.1 Å². The van der Waals surface area contributed by atoms with Crippen LogP contribution in [0.3, 0.4) is 0 Å². The molecule has 0 bridgehead atoms. The number of hydrogen-bond acceptors (Lipinski definition) is 3. The number of halogens is 1. The van der Waals surface area contributed by atoms with Crippen LogP contribution in [0.5, 0.6) is 5.75 Å². The number of methoxy groups -OCH3 is 1. The Labute approximate surface area is 147 Å². The summed E-state index contributed by atoms with van der Waals surface area (Å²) in [5.41, 5.74) is 2.07. The number of ether oxygens (including phenoxy) is 2. The fourth-order valence-electron chi connectivity index (χ4n) is 3.18. The second-order valence-corrected chi connectivity index (χ2v) is 6.18. The van der Waals surface area contributed by atoms with Gasteiger partial charge in [-0.3, -0.25) is 4.79 Å². The zero-order valence-electron chi connectivity index (χ0n) is 14.2. The summed E-state index contributed by atoms with van der Waals surface area (Å²) in [5, 5.41) is 0. The molecule has 1 amide bonds. The number of rotatable bonds is 6. The lowest BCUT2D eigenvalue weighted by Gasteiger charge is -2.36. The fraction of sp³-hybridized carbons (Fsp3) is 0.350. The summed E-state index contributed by atoms with van der Waals surface area (Å²) in [6.45, 7) is 1.56. The number of hydrogen-bond donors (Lipinski definition) is 0. The van der Waals surface area contributed by atoms with Gasteiger partial charge in [-0.1, -0.05) is 24.3 Å². The molecule has 0 aromatic heterocycles. The summed E-state index contributed by atoms with van der Waals surface area (Å²) in [5.74, 6) is 0.675. The summed E-state index contributed by atoms with van der Waals surface area (Å²) in [4.78, 5) is 12.6. The standard InChI is InChI=1S/C20H21FNO3/c1-24-18-8-2-15(3-9-18)13-25-20-12-22(14-23)11-10-19(20)16-4-6-17(21)7-5-16/h2-9,19-20H,10-13H2,1H3. The molecule has 1 aliphatic heterocycles. The molecular formula is C20H21FNO3. The number of nitrogens with zero attached hydrogens (tertiary/aromatic N) is 1. The van der Waals surface area contributed by atoms with E-state index in [0.717, 1.165) is 23.3 Å². The van der Waals surface area contributed by atoms with Crippen LogP contribution in [-0.2, 0) is 16.1 Å². The predicted molar refractivity (Wildman–Crippen MR) is 92.6 cm³/mol. The minimum absolute atomic E-state index is 0.128. The summed E-state index contributed by atoms with van der Waals surface area (Å²) in [6.07, 6.45) is 2.58. The molecule has 1 radical (unpaired) electrons. The molecule has 0 aliphatic carbocycles. The molecule has 1 saturated heterocycles. The third kappa shape index (κ3) is 4.37. The summed E-state index contributed by atoms with van der Waals surface area (Å²) < 4.78 is 24.5. The van der Waals surface area contributed by atoms with Crippen LogP contribution in [0.15, 0.2) is 48.5 Å². The molecule has 25 heavy (non-hydrogen) atoms. The summed E-state index contributed by atoms with van der Waals surface area (Å²) in [6, 6.07) is 14.2. The van der Waals surface area contributed by atoms with E-state index in [-0.39, 0.29) is 17.8 Å². The molecule has 2 unspecified atom stereocenters. The van der Waals surface area contributed by atoms with Crippen LogP contribution in [0, 0.1) is 5.82 Å². The van der Waals surface area contributed by atoms with E-state index in [1.807, 2.05) is 30.7 Å². The first-order valence-electron chi connectivity index (χ1n) is 8.32. The van der Waals surface area contributed by atoms with Crippen molar-refractivity contribution < 1.29 is 18.7 Å². The molecule has 2 atom stereocenters. The SMILES string of the molecule is COc1ccc(COC2CN([C]=O)CCC2c2ccc(F)cc2)cc1. The van der Waals surface area contributed by atoms with E-state index in [1.54, 1.807) is 24.1 Å². The molecule has 1 heterocycles. The molecule has 131 valence electrons. The first kappa shape index (κ1) is 17.4. The average molecular weight is 342 g/mol. The molecular weight excluding hydrogens is 321 g/mol. The van der Waals surface area contributed by atoms with Crippen LogP contribution in [0.1, 0.15) is 23.5 Å². The molecule has 3 rings (SSSR count). The monoisotopic (exact) mass is 342 g/mol. The van der Waals surface area contributed by atoms with Gasteiger partial charge in [-0.05, 0) is 41.8 Å². The fourth-order valence-corrected chi connectivity index (χ4v) is 3.18. The van der Waals surface area contributed by atoms with Gasteiger partial charge in [0, 0.05) is 19.0 Å². The smallest absolute Gasteiger partial charge is 0.312 e. The van der Waals surface area contributed by atoms with Crippen LogP contribution in [0.25, 0.3) is 0 Å². The van der Waals surface area contributed by atoms with E-state index < -0.39 is 0 Å². The minimum atomic E-state index is -0.252. The number of benzene rings is 2. The van der Waals surface area contributed by atoms with Crippen molar-refractivity contribution >= 4 is 6.41 Å². The van der Waals surface area contributed by atoms with E-state index in [9.17, 15) is 9.18 Å². The zero-order valence-corrected chi connectivity index (χ0v) is 14.2. The van der Waals surface area contributed by atoms with Gasteiger partial charge in [-0.15, -0.1) is 0 Å². The Hall–Kier alpha value is -2.40. The van der Waals surface area contributed by atoms with Crippen molar-refractivity contribution in [2.24, 2.45) is 0 Å². The zero-order chi connectivity index (χ0) is 17.6. The highest BCUT2D eigenvalue weighted by Crippen LogP contribution is 2.31. The molecule has 0 saturated carbocycles. The van der Waals surface area contributed by atoms with Gasteiger partial charge in [-0.25, -0.2) is 4.39 Å². The van der Waals surface area contributed by atoms with E-state index >= 15 is 0 Å². The van der Waals surface area contributed by atoms with E-state index in [2.05, 4.69) is 0 Å². The van der Waals surface area contributed by atoms with Gasteiger partial charge in [0.1, 0.15) is 11.6 Å². The number of carbonyl (C=O) groups excluding carboxylic acids is 1. The van der Waals surface area contributed by atoms with Crippen molar-refractivity contribution in [2.45, 2.75) is 25.0 Å². The summed E-state index contributed by atoms with van der Waals surface area (Å²) >= 11 is 0. The van der Waals surface area contributed by atoms with Crippen molar-refractivity contribution in [1.82, 2.24) is 4.90 Å². The second kappa shape index (κ2) is 8.12. The average Bonchev–Trinajstić information content (AvgIpc) is 2.67. The van der Waals surface area contributed by atoms with Gasteiger partial charge < -0.3 is 14.4 Å². The summed E-state index contributed by atoms with van der Waals surface area (Å²) in [7, 11) is 1.63.